The molecule has 7 aromatic carbocycles. The molecule has 77 heavy (non-hydrogen) atoms. The van der Waals surface area contributed by atoms with E-state index in [1.165, 1.54) is 26.6 Å². The monoisotopic (exact) mass is 1140 g/mol. The van der Waals surface area contributed by atoms with Gasteiger partial charge in [-0.2, -0.15) is 132 Å². The lowest BCUT2D eigenvalue weighted by Crippen LogP contribution is -2.75. The van der Waals surface area contributed by atoms with Crippen LogP contribution in [-0.4, -0.2) is 6.15 Å². The maximum Gasteiger partial charge on any atom is 0.416 e. The van der Waals surface area contributed by atoms with Crippen molar-refractivity contribution in [3.63, 3.8) is 0 Å². The molecule has 27 heteroatoms. The minimum atomic E-state index is -6.13. The van der Waals surface area contributed by atoms with Crippen molar-refractivity contribution in [3.05, 3.63) is 195 Å². The van der Waals surface area contributed by atoms with Gasteiger partial charge in [0.15, 0.2) is 6.54 Å². The van der Waals surface area contributed by atoms with Crippen LogP contribution in [-0.2, 0) is 56.0 Å². The predicted molar refractivity (Wildman–Crippen MR) is 235 cm³/mol. The molecular formula is C50H26BF24NS. The number of aromatic nitrogens is 1. The normalized spacial score (nSPS) is 13.5. The summed E-state index contributed by atoms with van der Waals surface area (Å²) in [6.07, 6.45) is -54.8. The Balaban J connectivity index is 0.000000353. The van der Waals surface area contributed by atoms with Gasteiger partial charge in [-0.25, -0.2) is 0 Å². The van der Waals surface area contributed by atoms with E-state index in [1.807, 2.05) is 0 Å². The smallest absolute Gasteiger partial charge is 0.194 e. The molecule has 0 unspecified atom stereocenters. The summed E-state index contributed by atoms with van der Waals surface area (Å²) in [5.41, 5.74) is -25.3. The summed E-state index contributed by atoms with van der Waals surface area (Å²) in [7, 11) is 0. The van der Waals surface area contributed by atoms with Gasteiger partial charge in [0.1, 0.15) is 10.8 Å². The van der Waals surface area contributed by atoms with E-state index in [1.54, 1.807) is 11.3 Å². The number of thiazole rings is 1. The maximum atomic E-state index is 14.2. The third kappa shape index (κ3) is 12.4. The van der Waals surface area contributed by atoms with Gasteiger partial charge in [0.05, 0.1) is 44.5 Å². The van der Waals surface area contributed by atoms with E-state index in [-0.39, 0.29) is 0 Å². The van der Waals surface area contributed by atoms with Gasteiger partial charge < -0.3 is 0 Å². The Labute approximate surface area is 420 Å². The molecule has 1 aromatic heterocycles. The van der Waals surface area contributed by atoms with E-state index in [9.17, 15) is 105 Å². The molecule has 8 rings (SSSR count). The van der Waals surface area contributed by atoms with Crippen molar-refractivity contribution in [3.8, 4) is 0 Å². The van der Waals surface area contributed by atoms with Crippen LogP contribution in [0.1, 0.15) is 50.1 Å². The van der Waals surface area contributed by atoms with Crippen molar-refractivity contribution in [2.45, 2.75) is 56.0 Å². The van der Waals surface area contributed by atoms with Crippen molar-refractivity contribution in [2.24, 2.45) is 0 Å². The first-order chi connectivity index (χ1) is 35.2. The maximum absolute atomic E-state index is 14.2. The summed E-state index contributed by atoms with van der Waals surface area (Å²) >= 11 is 1.80. The first-order valence-electron chi connectivity index (χ1n) is 21.4. The first kappa shape index (κ1) is 57.8. The molecule has 0 aliphatic rings. The fourth-order valence-electron chi connectivity index (χ4n) is 8.78. The summed E-state index contributed by atoms with van der Waals surface area (Å²) in [6.45, 7) is 0.922. The molecule has 0 fully saturated rings. The van der Waals surface area contributed by atoms with E-state index < -0.39 is 195 Å². The second kappa shape index (κ2) is 19.8. The average Bonchev–Trinajstić information content (AvgIpc) is 3.72. The lowest BCUT2D eigenvalue weighted by Gasteiger charge is -2.46. The summed E-state index contributed by atoms with van der Waals surface area (Å²) in [6, 6.07) is 14.9. The molecule has 0 amide bonds. The molecule has 0 radical (unpaired) electrons. The highest BCUT2D eigenvalue weighted by atomic mass is 32.1. The van der Waals surface area contributed by atoms with E-state index in [4.69, 9.17) is 0 Å². The van der Waals surface area contributed by atoms with Crippen molar-refractivity contribution in [2.75, 3.05) is 0 Å². The second-order valence-electron chi connectivity index (χ2n) is 17.2. The number of rotatable bonds is 6. The van der Waals surface area contributed by atoms with Crippen LogP contribution in [0.2, 0.25) is 0 Å². The molecule has 1 nitrogen and oxygen atoms in total. The summed E-state index contributed by atoms with van der Waals surface area (Å²) in [4.78, 5) is 0. The number of nitrogens with zero attached hydrogens (tertiary/aromatic N) is 1. The lowest BCUT2D eigenvalue weighted by molar-refractivity contribution is -0.657. The number of hydrogen-bond acceptors (Lipinski definition) is 1. The fourth-order valence-corrected chi connectivity index (χ4v) is 9.67. The fraction of sp³-hybridized carbons (Fsp3) is 0.180. The summed E-state index contributed by atoms with van der Waals surface area (Å²) < 4.78 is 344. The van der Waals surface area contributed by atoms with Crippen LogP contribution >= 0.6 is 11.3 Å². The minimum absolute atomic E-state index is 0.691. The highest BCUT2D eigenvalue weighted by molar-refractivity contribution is 7.20. The Kier molecular flexibility index (Phi) is 14.9. The highest BCUT2D eigenvalue weighted by Gasteiger charge is 2.47. The zero-order valence-electron chi connectivity index (χ0n) is 37.6. The molecule has 0 aliphatic carbocycles. The molecule has 8 aromatic rings. The van der Waals surface area contributed by atoms with Crippen LogP contribution in [0.25, 0.3) is 21.0 Å². The minimum Gasteiger partial charge on any atom is -0.194 e. The van der Waals surface area contributed by atoms with Crippen LogP contribution in [0.5, 0.6) is 0 Å². The Hall–Kier alpha value is -6.93. The van der Waals surface area contributed by atoms with Gasteiger partial charge in [0.25, 0.3) is 0 Å². The Morgan fingerprint density at radius 3 is 0.935 bits per heavy atom. The van der Waals surface area contributed by atoms with Crippen molar-refractivity contribution in [1.29, 1.82) is 0 Å². The standard InChI is InChI=1S/C32H12BF24.C18H14NS/c34-25(35,36)13-1-14(26(37,38)39)6-21(5-13)33(22-7-15(27(40,41)42)2-16(8-22)28(43,44)45,23-9-17(29(46,47)48)3-18(10-23)30(49,50)51)24-11-19(31(52,53)54)4-20(12-24)32(55,56)57;1-2-9-16-14(6-1)7-5-8-15(16)12-19-13-20-18-11-4-3-10-17(18)19/h1-12H;1-11,13H,12H2/q-1;+1. The molecule has 408 valence electrons. The van der Waals surface area contributed by atoms with Gasteiger partial charge in [0, 0.05) is 11.6 Å². The van der Waals surface area contributed by atoms with Crippen LogP contribution in [0.15, 0.2) is 145 Å². The van der Waals surface area contributed by atoms with E-state index in [0.717, 1.165) is 6.54 Å². The molecule has 0 aliphatic heterocycles. The van der Waals surface area contributed by atoms with E-state index in [2.05, 4.69) is 76.8 Å². The van der Waals surface area contributed by atoms with Crippen LogP contribution < -0.4 is 26.4 Å². The molecule has 0 N–H and O–H groups in total. The zero-order valence-corrected chi connectivity index (χ0v) is 38.4. The number of alkyl halides is 24. The number of halogens is 24. The van der Waals surface area contributed by atoms with Crippen molar-refractivity contribution < 1.29 is 110 Å². The zero-order chi connectivity index (χ0) is 57.3. The van der Waals surface area contributed by atoms with Gasteiger partial charge in [-0.3, -0.25) is 0 Å². The molecule has 1 heterocycles. The van der Waals surface area contributed by atoms with E-state index in [0.29, 0.717) is 0 Å². The van der Waals surface area contributed by atoms with Gasteiger partial charge in [-0.1, -0.05) is 114 Å². The van der Waals surface area contributed by atoms with E-state index >= 15 is 0 Å². The second-order valence-corrected chi connectivity index (χ2v) is 18.1. The molecular weight excluding hydrogens is 1110 g/mol. The number of para-hydroxylation sites is 1. The quantitative estimate of drug-likeness (QED) is 0.0888. The first-order valence-corrected chi connectivity index (χ1v) is 22.2. The SMILES string of the molecule is FC(F)(F)c1cc([B-](c2cc(C(F)(F)F)cc(C(F)(F)F)c2)(c2cc(C(F)(F)F)cc(C(F)(F)F)c2)c2cc(C(F)(F)F)cc(C(F)(F)F)c2)cc(C(F)(F)F)c1.c1ccc2c(C[n+]3csc4ccccc43)cccc2c1. The van der Waals surface area contributed by atoms with Gasteiger partial charge in [-0.15, -0.1) is 0 Å². The molecule has 0 atom stereocenters. The average molecular weight is 1140 g/mol. The molecule has 0 bridgehead atoms. The van der Waals surface area contributed by atoms with Gasteiger partial charge >= 0.3 is 49.4 Å². The Morgan fingerprint density at radius 1 is 0.325 bits per heavy atom. The van der Waals surface area contributed by atoms with Crippen molar-refractivity contribution in [1.82, 2.24) is 0 Å². The molecule has 0 spiro atoms. The third-order valence-corrected chi connectivity index (χ3v) is 13.1. The number of hydrogen-bond donors (Lipinski definition) is 0. The third-order valence-electron chi connectivity index (χ3n) is 12.1. The molecule has 0 saturated carbocycles. The highest BCUT2D eigenvalue weighted by Crippen LogP contribution is 2.41. The molecule has 0 saturated heterocycles. The lowest BCUT2D eigenvalue weighted by atomic mass is 9.12. The summed E-state index contributed by atoms with van der Waals surface area (Å²) in [5.74, 6) is 0. The van der Waals surface area contributed by atoms with Crippen LogP contribution in [0, 0.1) is 0 Å². The van der Waals surface area contributed by atoms with Crippen LogP contribution in [0.4, 0.5) is 105 Å². The summed E-state index contributed by atoms with van der Waals surface area (Å²) in [5, 5.41) is 2.66. The number of fused-ring (bicyclic) bond motifs is 2. The van der Waals surface area contributed by atoms with Crippen LogP contribution in [0.3, 0.4) is 0 Å². The Bertz CT molecular complexity index is 3020. The Morgan fingerprint density at radius 2 is 0.610 bits per heavy atom. The largest absolute Gasteiger partial charge is 0.416 e. The van der Waals surface area contributed by atoms with Crippen molar-refractivity contribution >= 4 is 60.3 Å². The predicted octanol–water partition coefficient (Wildman–Crippen LogP) is 15.6. The topological polar surface area (TPSA) is 3.88 Å². The van der Waals surface area contributed by atoms with Gasteiger partial charge in [-0.05, 0) is 41.1 Å². The number of benzene rings is 7. The van der Waals surface area contributed by atoms with Gasteiger partial charge in [0.2, 0.25) is 11.0 Å².